The van der Waals surface area contributed by atoms with Gasteiger partial charge in [-0.15, -0.1) is 0 Å². The van der Waals surface area contributed by atoms with E-state index >= 15 is 0 Å². The van der Waals surface area contributed by atoms with Gasteiger partial charge in [-0.05, 0) is 36.8 Å². The summed E-state index contributed by atoms with van der Waals surface area (Å²) < 4.78 is 46.5. The van der Waals surface area contributed by atoms with Gasteiger partial charge in [-0.3, -0.25) is 0 Å². The average molecular weight is 445 g/mol. The highest BCUT2D eigenvalue weighted by Gasteiger charge is 2.18. The van der Waals surface area contributed by atoms with E-state index in [4.69, 9.17) is 16.0 Å². The van der Waals surface area contributed by atoms with Crippen molar-refractivity contribution in [1.29, 1.82) is 0 Å². The average Bonchev–Trinajstić information content (AvgIpc) is 3.07. The molecule has 0 aliphatic carbocycles. The third kappa shape index (κ3) is 4.36. The molecule has 4 rings (SSSR count). The second-order valence-corrected chi connectivity index (χ2v) is 7.40. The standard InChI is InChI=1S/C23H16ClF3N2O2/c1-12-2-7-19-16(8-12)21(13-3-5-14(24)6-4-13)20(31-19)11-28-23(30)29-22-17(26)9-15(25)10-18(22)27/h2-10H,11H2,1H3,(H2,28,29,30). The number of halogens is 4. The molecule has 2 N–H and O–H groups in total. The first-order chi connectivity index (χ1) is 14.8. The first kappa shape index (κ1) is 20.8. The summed E-state index contributed by atoms with van der Waals surface area (Å²) in [6.07, 6.45) is 0. The molecular formula is C23H16ClF3N2O2. The molecule has 2 amide bonds. The van der Waals surface area contributed by atoms with Crippen LogP contribution in [0.5, 0.6) is 0 Å². The number of benzene rings is 3. The van der Waals surface area contributed by atoms with Crippen LogP contribution in [0.4, 0.5) is 23.7 Å². The molecule has 0 saturated heterocycles. The van der Waals surface area contributed by atoms with Gasteiger partial charge in [0.25, 0.3) is 0 Å². The van der Waals surface area contributed by atoms with Crippen LogP contribution < -0.4 is 10.6 Å². The number of aryl methyl sites for hydroxylation is 1. The van der Waals surface area contributed by atoms with Crippen LogP contribution in [0.15, 0.2) is 59.0 Å². The lowest BCUT2D eigenvalue weighted by Crippen LogP contribution is -2.29. The fourth-order valence-electron chi connectivity index (χ4n) is 3.30. The molecular weight excluding hydrogens is 429 g/mol. The van der Waals surface area contributed by atoms with Crippen molar-refractivity contribution in [3.05, 3.63) is 88.4 Å². The predicted octanol–water partition coefficient (Wildman–Crippen LogP) is 6.80. The van der Waals surface area contributed by atoms with Crippen LogP contribution in [0, 0.1) is 24.4 Å². The van der Waals surface area contributed by atoms with E-state index in [2.05, 4.69) is 10.6 Å². The summed E-state index contributed by atoms with van der Waals surface area (Å²) in [6, 6.07) is 13.0. The molecule has 0 spiro atoms. The van der Waals surface area contributed by atoms with Crippen LogP contribution in [0.3, 0.4) is 0 Å². The quantitative estimate of drug-likeness (QED) is 0.363. The smallest absolute Gasteiger partial charge is 0.319 e. The maximum atomic E-state index is 13.8. The molecule has 1 aromatic heterocycles. The Labute approximate surface area is 180 Å². The molecule has 0 saturated carbocycles. The van der Waals surface area contributed by atoms with Crippen LogP contribution in [0.2, 0.25) is 5.02 Å². The van der Waals surface area contributed by atoms with Gasteiger partial charge in [-0.1, -0.05) is 35.4 Å². The lowest BCUT2D eigenvalue weighted by atomic mass is 10.0. The zero-order chi connectivity index (χ0) is 22.1. The second kappa shape index (κ2) is 8.35. The van der Waals surface area contributed by atoms with Crippen molar-refractivity contribution in [2.24, 2.45) is 0 Å². The molecule has 1 heterocycles. The molecule has 0 atom stereocenters. The van der Waals surface area contributed by atoms with E-state index in [9.17, 15) is 18.0 Å². The molecule has 8 heteroatoms. The van der Waals surface area contributed by atoms with Gasteiger partial charge in [0, 0.05) is 28.1 Å². The predicted molar refractivity (Wildman–Crippen MR) is 114 cm³/mol. The van der Waals surface area contributed by atoms with Gasteiger partial charge in [0.2, 0.25) is 0 Å². The molecule has 0 radical (unpaired) electrons. The first-order valence-corrected chi connectivity index (χ1v) is 9.67. The Morgan fingerprint density at radius 2 is 1.68 bits per heavy atom. The van der Waals surface area contributed by atoms with E-state index in [0.717, 1.165) is 22.1 Å². The Bertz CT molecular complexity index is 1260. The highest BCUT2D eigenvalue weighted by atomic mass is 35.5. The normalized spacial score (nSPS) is 11.0. The Morgan fingerprint density at radius 1 is 1.00 bits per heavy atom. The van der Waals surface area contributed by atoms with Gasteiger partial charge < -0.3 is 15.1 Å². The summed E-state index contributed by atoms with van der Waals surface area (Å²) in [4.78, 5) is 12.2. The number of carbonyl (C=O) groups is 1. The lowest BCUT2D eigenvalue weighted by molar-refractivity contribution is 0.250. The number of rotatable bonds is 4. The van der Waals surface area contributed by atoms with Crippen molar-refractivity contribution in [2.45, 2.75) is 13.5 Å². The summed E-state index contributed by atoms with van der Waals surface area (Å²) in [7, 11) is 0. The van der Waals surface area contributed by atoms with Crippen LogP contribution >= 0.6 is 11.6 Å². The van der Waals surface area contributed by atoms with E-state index in [-0.39, 0.29) is 6.54 Å². The summed E-state index contributed by atoms with van der Waals surface area (Å²) in [6.45, 7) is 1.90. The monoisotopic (exact) mass is 444 g/mol. The zero-order valence-corrected chi connectivity index (χ0v) is 17.0. The van der Waals surface area contributed by atoms with Crippen LogP contribution in [0.25, 0.3) is 22.1 Å². The van der Waals surface area contributed by atoms with Crippen LogP contribution in [-0.2, 0) is 6.54 Å². The Balaban J connectivity index is 1.62. The number of nitrogens with one attached hydrogen (secondary N) is 2. The maximum Gasteiger partial charge on any atom is 0.319 e. The van der Waals surface area contributed by atoms with Crippen molar-refractivity contribution in [1.82, 2.24) is 5.32 Å². The topological polar surface area (TPSA) is 54.3 Å². The first-order valence-electron chi connectivity index (χ1n) is 9.29. The largest absolute Gasteiger partial charge is 0.459 e. The summed E-state index contributed by atoms with van der Waals surface area (Å²) in [5.41, 5.74) is 2.53. The minimum atomic E-state index is -1.21. The molecule has 0 aliphatic rings. The number of fused-ring (bicyclic) bond motifs is 1. The SMILES string of the molecule is Cc1ccc2oc(CNC(=O)Nc3c(F)cc(F)cc3F)c(-c3ccc(Cl)cc3)c2c1. The van der Waals surface area contributed by atoms with Crippen molar-refractivity contribution in [2.75, 3.05) is 5.32 Å². The van der Waals surface area contributed by atoms with E-state index in [1.54, 1.807) is 12.1 Å². The third-order valence-corrected chi connectivity index (χ3v) is 4.96. The minimum Gasteiger partial charge on any atom is -0.459 e. The molecule has 0 bridgehead atoms. The Hall–Kier alpha value is -3.45. The van der Waals surface area contributed by atoms with Gasteiger partial charge in [0.05, 0.1) is 6.54 Å². The Kier molecular flexibility index (Phi) is 5.61. The van der Waals surface area contributed by atoms with Gasteiger partial charge in [0.15, 0.2) is 11.6 Å². The van der Waals surface area contributed by atoms with Crippen molar-refractivity contribution < 1.29 is 22.4 Å². The van der Waals surface area contributed by atoms with Crippen molar-refractivity contribution >= 4 is 34.3 Å². The van der Waals surface area contributed by atoms with Gasteiger partial charge >= 0.3 is 6.03 Å². The molecule has 3 aromatic carbocycles. The lowest BCUT2D eigenvalue weighted by Gasteiger charge is -2.10. The summed E-state index contributed by atoms with van der Waals surface area (Å²) in [5, 5.41) is 6.01. The fourth-order valence-corrected chi connectivity index (χ4v) is 3.43. The highest BCUT2D eigenvalue weighted by molar-refractivity contribution is 6.30. The number of furan rings is 1. The van der Waals surface area contributed by atoms with Crippen molar-refractivity contribution in [3.8, 4) is 11.1 Å². The highest BCUT2D eigenvalue weighted by Crippen LogP contribution is 2.36. The molecule has 4 aromatic rings. The summed E-state index contributed by atoms with van der Waals surface area (Å²) in [5.74, 6) is -3.05. The third-order valence-electron chi connectivity index (χ3n) is 4.70. The number of hydrogen-bond acceptors (Lipinski definition) is 2. The van der Waals surface area contributed by atoms with Crippen LogP contribution in [0.1, 0.15) is 11.3 Å². The van der Waals surface area contributed by atoms with Crippen LogP contribution in [-0.4, -0.2) is 6.03 Å². The number of anilines is 1. The second-order valence-electron chi connectivity index (χ2n) is 6.96. The Morgan fingerprint density at radius 3 is 2.35 bits per heavy atom. The van der Waals surface area contributed by atoms with Crippen molar-refractivity contribution in [3.63, 3.8) is 0 Å². The minimum absolute atomic E-state index is 0.0536. The molecule has 4 nitrogen and oxygen atoms in total. The number of amides is 2. The van der Waals surface area contributed by atoms with Gasteiger partial charge in [-0.25, -0.2) is 18.0 Å². The molecule has 0 aliphatic heterocycles. The van der Waals surface area contributed by atoms with E-state index in [0.29, 0.717) is 28.5 Å². The fraction of sp³-hybridized carbons (Fsp3) is 0.0870. The summed E-state index contributed by atoms with van der Waals surface area (Å²) >= 11 is 6.00. The molecule has 158 valence electrons. The number of urea groups is 1. The maximum absolute atomic E-state index is 13.8. The van der Waals surface area contributed by atoms with E-state index < -0.39 is 29.2 Å². The van der Waals surface area contributed by atoms with E-state index in [1.165, 1.54) is 0 Å². The van der Waals surface area contributed by atoms with Gasteiger partial charge in [-0.2, -0.15) is 0 Å². The molecule has 0 fully saturated rings. The zero-order valence-electron chi connectivity index (χ0n) is 16.2. The number of hydrogen-bond donors (Lipinski definition) is 2. The van der Waals surface area contributed by atoms with E-state index in [1.807, 2.05) is 37.3 Å². The van der Waals surface area contributed by atoms with Gasteiger partial charge in [0.1, 0.15) is 22.8 Å². The molecule has 0 unspecified atom stereocenters. The number of carbonyl (C=O) groups excluding carboxylic acids is 1. The molecule has 31 heavy (non-hydrogen) atoms.